The van der Waals surface area contributed by atoms with Gasteiger partial charge in [-0.2, -0.15) is 0 Å². The van der Waals surface area contributed by atoms with Gasteiger partial charge < -0.3 is 19.9 Å². The number of piperazine rings is 1. The molecule has 1 unspecified atom stereocenters. The van der Waals surface area contributed by atoms with Gasteiger partial charge >= 0.3 is 6.03 Å². The largest absolute Gasteiger partial charge is 0.376 e. The highest BCUT2D eigenvalue weighted by Crippen LogP contribution is 2.10. The molecule has 0 aromatic rings. The first-order valence-corrected chi connectivity index (χ1v) is 6.66. The predicted molar refractivity (Wildman–Crippen MR) is 66.1 cm³/mol. The summed E-state index contributed by atoms with van der Waals surface area (Å²) >= 11 is 0. The fourth-order valence-electron chi connectivity index (χ4n) is 2.39. The molecule has 0 saturated carbocycles. The number of carbonyl (C=O) groups is 1. The number of likely N-dealkylation sites (N-methyl/N-ethyl adjacent to an activating group) is 1. The molecule has 2 heterocycles. The maximum absolute atomic E-state index is 11.9. The SMILES string of the molecule is CCN1CCN(C(=O)NCC2CCCO2)CC1. The van der Waals surface area contributed by atoms with E-state index in [1.54, 1.807) is 0 Å². The van der Waals surface area contributed by atoms with Crippen molar-refractivity contribution in [1.82, 2.24) is 15.1 Å². The predicted octanol–water partition coefficient (Wildman–Crippen LogP) is 0.513. The molecule has 17 heavy (non-hydrogen) atoms. The highest BCUT2D eigenvalue weighted by molar-refractivity contribution is 5.74. The summed E-state index contributed by atoms with van der Waals surface area (Å²) in [5.74, 6) is 0. The molecule has 5 heteroatoms. The second kappa shape index (κ2) is 6.21. The Bertz CT molecular complexity index is 246. The van der Waals surface area contributed by atoms with Crippen LogP contribution in [0.1, 0.15) is 19.8 Å². The summed E-state index contributed by atoms with van der Waals surface area (Å²) in [6.45, 7) is 8.39. The van der Waals surface area contributed by atoms with Gasteiger partial charge in [0, 0.05) is 39.3 Å². The van der Waals surface area contributed by atoms with E-state index in [0.29, 0.717) is 6.54 Å². The highest BCUT2D eigenvalue weighted by atomic mass is 16.5. The summed E-state index contributed by atoms with van der Waals surface area (Å²) in [5, 5.41) is 2.97. The van der Waals surface area contributed by atoms with Crippen molar-refractivity contribution in [3.8, 4) is 0 Å². The van der Waals surface area contributed by atoms with Crippen LogP contribution in [0, 0.1) is 0 Å². The lowest BCUT2D eigenvalue weighted by atomic mass is 10.2. The first kappa shape index (κ1) is 12.6. The van der Waals surface area contributed by atoms with Crippen LogP contribution in [-0.2, 0) is 4.74 Å². The van der Waals surface area contributed by atoms with E-state index in [9.17, 15) is 4.79 Å². The van der Waals surface area contributed by atoms with Crippen molar-refractivity contribution < 1.29 is 9.53 Å². The van der Waals surface area contributed by atoms with E-state index in [-0.39, 0.29) is 12.1 Å². The minimum Gasteiger partial charge on any atom is -0.376 e. The Morgan fingerprint density at radius 3 is 2.71 bits per heavy atom. The van der Waals surface area contributed by atoms with Gasteiger partial charge in [-0.25, -0.2) is 4.79 Å². The van der Waals surface area contributed by atoms with E-state index < -0.39 is 0 Å². The van der Waals surface area contributed by atoms with Crippen LogP contribution in [0.25, 0.3) is 0 Å². The van der Waals surface area contributed by atoms with E-state index in [1.807, 2.05) is 4.90 Å². The van der Waals surface area contributed by atoms with Gasteiger partial charge in [0.05, 0.1) is 6.10 Å². The average Bonchev–Trinajstić information content (AvgIpc) is 2.89. The minimum atomic E-state index is 0.0660. The Morgan fingerprint density at radius 1 is 1.35 bits per heavy atom. The molecule has 0 aromatic heterocycles. The van der Waals surface area contributed by atoms with Crippen molar-refractivity contribution in [2.24, 2.45) is 0 Å². The summed E-state index contributed by atoms with van der Waals surface area (Å²) in [7, 11) is 0. The molecule has 1 N–H and O–H groups in total. The van der Waals surface area contributed by atoms with Gasteiger partial charge in [-0.3, -0.25) is 0 Å². The molecule has 98 valence electrons. The molecule has 0 spiro atoms. The molecule has 2 fully saturated rings. The molecule has 2 saturated heterocycles. The molecule has 2 aliphatic rings. The van der Waals surface area contributed by atoms with E-state index in [4.69, 9.17) is 4.74 Å². The van der Waals surface area contributed by atoms with E-state index in [0.717, 1.165) is 52.2 Å². The molecular weight excluding hydrogens is 218 g/mol. The topological polar surface area (TPSA) is 44.8 Å². The normalized spacial score (nSPS) is 26.2. The third kappa shape index (κ3) is 3.57. The van der Waals surface area contributed by atoms with Gasteiger partial charge in [-0.1, -0.05) is 6.92 Å². The lowest BCUT2D eigenvalue weighted by molar-refractivity contribution is 0.105. The Morgan fingerprint density at radius 2 is 2.12 bits per heavy atom. The van der Waals surface area contributed by atoms with Gasteiger partial charge in [-0.05, 0) is 19.4 Å². The summed E-state index contributed by atoms with van der Waals surface area (Å²) in [4.78, 5) is 16.2. The molecule has 0 aliphatic carbocycles. The number of carbonyl (C=O) groups excluding carboxylic acids is 1. The van der Waals surface area contributed by atoms with Crippen molar-refractivity contribution in [1.29, 1.82) is 0 Å². The second-order valence-corrected chi connectivity index (χ2v) is 4.74. The Kier molecular flexibility index (Phi) is 4.62. The first-order chi connectivity index (χ1) is 8.29. The molecule has 5 nitrogen and oxygen atoms in total. The zero-order chi connectivity index (χ0) is 12.1. The van der Waals surface area contributed by atoms with Crippen LogP contribution in [0.5, 0.6) is 0 Å². The zero-order valence-electron chi connectivity index (χ0n) is 10.7. The third-order valence-electron chi connectivity index (χ3n) is 3.61. The van der Waals surface area contributed by atoms with Crippen LogP contribution < -0.4 is 5.32 Å². The van der Waals surface area contributed by atoms with Crippen molar-refractivity contribution in [2.45, 2.75) is 25.9 Å². The number of hydrogen-bond donors (Lipinski definition) is 1. The van der Waals surface area contributed by atoms with Gasteiger partial charge in [0.2, 0.25) is 0 Å². The lowest BCUT2D eigenvalue weighted by Gasteiger charge is -2.34. The number of nitrogens with zero attached hydrogens (tertiary/aromatic N) is 2. The van der Waals surface area contributed by atoms with Crippen LogP contribution >= 0.6 is 0 Å². The molecular formula is C12H23N3O2. The molecule has 0 bridgehead atoms. The third-order valence-corrected chi connectivity index (χ3v) is 3.61. The summed E-state index contributed by atoms with van der Waals surface area (Å²) < 4.78 is 5.48. The van der Waals surface area contributed by atoms with Gasteiger partial charge in [0.1, 0.15) is 0 Å². The number of nitrogens with one attached hydrogen (secondary N) is 1. The van der Waals surface area contributed by atoms with Gasteiger partial charge in [0.25, 0.3) is 0 Å². The number of urea groups is 1. The van der Waals surface area contributed by atoms with Crippen LogP contribution in [0.3, 0.4) is 0 Å². The molecule has 0 radical (unpaired) electrons. The summed E-state index contributed by atoms with van der Waals surface area (Å²) in [6.07, 6.45) is 2.43. The smallest absolute Gasteiger partial charge is 0.317 e. The Balaban J connectivity index is 1.66. The molecule has 2 rings (SSSR count). The van der Waals surface area contributed by atoms with Gasteiger partial charge in [0.15, 0.2) is 0 Å². The maximum Gasteiger partial charge on any atom is 0.317 e. The van der Waals surface area contributed by atoms with Crippen molar-refractivity contribution in [3.63, 3.8) is 0 Å². The monoisotopic (exact) mass is 241 g/mol. The molecule has 2 aliphatic heterocycles. The average molecular weight is 241 g/mol. The molecule has 2 amide bonds. The van der Waals surface area contributed by atoms with Crippen LogP contribution in [0.4, 0.5) is 4.79 Å². The fourth-order valence-corrected chi connectivity index (χ4v) is 2.39. The van der Waals surface area contributed by atoms with E-state index in [2.05, 4.69) is 17.1 Å². The number of amides is 2. The van der Waals surface area contributed by atoms with Crippen LogP contribution in [0.15, 0.2) is 0 Å². The van der Waals surface area contributed by atoms with Crippen LogP contribution in [0.2, 0.25) is 0 Å². The lowest BCUT2D eigenvalue weighted by Crippen LogP contribution is -2.52. The Labute approximate surface area is 103 Å². The van der Waals surface area contributed by atoms with E-state index >= 15 is 0 Å². The maximum atomic E-state index is 11.9. The molecule has 1 atom stereocenters. The second-order valence-electron chi connectivity index (χ2n) is 4.74. The number of ether oxygens (including phenoxy) is 1. The van der Waals surface area contributed by atoms with Crippen molar-refractivity contribution in [2.75, 3.05) is 45.9 Å². The highest BCUT2D eigenvalue weighted by Gasteiger charge is 2.21. The standard InChI is InChI=1S/C12H23N3O2/c1-2-14-5-7-15(8-6-14)12(16)13-10-11-4-3-9-17-11/h11H,2-10H2,1H3,(H,13,16). The van der Waals surface area contributed by atoms with Crippen molar-refractivity contribution in [3.05, 3.63) is 0 Å². The number of rotatable bonds is 3. The first-order valence-electron chi connectivity index (χ1n) is 6.66. The fraction of sp³-hybridized carbons (Fsp3) is 0.917. The quantitative estimate of drug-likeness (QED) is 0.783. The summed E-state index contributed by atoms with van der Waals surface area (Å²) in [5.41, 5.74) is 0. The number of hydrogen-bond acceptors (Lipinski definition) is 3. The van der Waals surface area contributed by atoms with Crippen molar-refractivity contribution >= 4 is 6.03 Å². The minimum absolute atomic E-state index is 0.0660. The van der Waals surface area contributed by atoms with E-state index in [1.165, 1.54) is 0 Å². The molecule has 0 aromatic carbocycles. The van der Waals surface area contributed by atoms with Gasteiger partial charge in [-0.15, -0.1) is 0 Å². The van der Waals surface area contributed by atoms with Crippen LogP contribution in [-0.4, -0.2) is 67.8 Å². The zero-order valence-corrected chi connectivity index (χ0v) is 10.7. The Hall–Kier alpha value is -0.810. The summed E-state index contributed by atoms with van der Waals surface area (Å²) in [6, 6.07) is 0.0660.